The van der Waals surface area contributed by atoms with E-state index in [0.717, 1.165) is 47.4 Å². The smallest absolute Gasteiger partial charge is 0.142 e. The third kappa shape index (κ3) is 4.92. The van der Waals surface area contributed by atoms with Crippen LogP contribution in [0.4, 0.5) is 0 Å². The molecule has 1 aliphatic carbocycles. The van der Waals surface area contributed by atoms with Crippen LogP contribution in [0.25, 0.3) is 10.8 Å². The summed E-state index contributed by atoms with van der Waals surface area (Å²) in [6.45, 7) is 0.780. The van der Waals surface area contributed by atoms with Crippen LogP contribution in [0, 0.1) is 0 Å². The second-order valence-corrected chi connectivity index (χ2v) is 7.94. The maximum absolute atomic E-state index is 5.84. The van der Waals surface area contributed by atoms with Gasteiger partial charge in [0.25, 0.3) is 0 Å². The lowest BCUT2D eigenvalue weighted by Crippen LogP contribution is -2.14. The molecule has 0 aromatic heterocycles. The molecule has 0 atom stereocenters. The molecule has 0 saturated carbocycles. The van der Waals surface area contributed by atoms with Gasteiger partial charge in [0.05, 0.1) is 5.71 Å². The van der Waals surface area contributed by atoms with Crippen molar-refractivity contribution in [2.75, 3.05) is 6.61 Å². The maximum atomic E-state index is 5.84. The molecule has 0 fully saturated rings. The van der Waals surface area contributed by atoms with E-state index in [-0.39, 0.29) is 4.49 Å². The summed E-state index contributed by atoms with van der Waals surface area (Å²) in [5, 5.41) is 6.89. The highest BCUT2D eigenvalue weighted by Gasteiger charge is 2.19. The number of hydrogen-bond donors (Lipinski definition) is 0. The monoisotopic (exact) mass is 425 g/mol. The van der Waals surface area contributed by atoms with Crippen LogP contribution >= 0.6 is 23.2 Å². The van der Waals surface area contributed by atoms with Crippen molar-refractivity contribution in [2.45, 2.75) is 25.9 Å². The molecule has 148 valence electrons. The van der Waals surface area contributed by atoms with Gasteiger partial charge in [0.1, 0.15) is 23.5 Å². The molecule has 0 heterocycles. The van der Waals surface area contributed by atoms with E-state index >= 15 is 0 Å². The Bertz CT molecular complexity index is 1070. The van der Waals surface area contributed by atoms with Gasteiger partial charge in [-0.25, -0.2) is 0 Å². The lowest BCUT2D eigenvalue weighted by atomic mass is 9.89. The Morgan fingerprint density at radius 3 is 2.69 bits per heavy atom. The fourth-order valence-electron chi connectivity index (χ4n) is 3.60. The fraction of sp³-hybridized carbons (Fsp3) is 0.208. The molecule has 3 aromatic carbocycles. The van der Waals surface area contributed by atoms with Gasteiger partial charge in [-0.3, -0.25) is 0 Å². The molecule has 0 saturated heterocycles. The summed E-state index contributed by atoms with van der Waals surface area (Å²) in [5.74, 6) is 0.843. The van der Waals surface area contributed by atoms with Crippen molar-refractivity contribution >= 4 is 39.7 Å². The summed E-state index contributed by atoms with van der Waals surface area (Å²) in [7, 11) is 0. The van der Waals surface area contributed by atoms with Crippen LogP contribution in [0.1, 0.15) is 29.5 Å². The van der Waals surface area contributed by atoms with Gasteiger partial charge < -0.3 is 9.57 Å². The Balaban J connectivity index is 1.48. The lowest BCUT2D eigenvalue weighted by Gasteiger charge is -2.20. The normalized spacial score (nSPS) is 14.5. The van der Waals surface area contributed by atoms with E-state index in [2.05, 4.69) is 41.6 Å². The van der Waals surface area contributed by atoms with Crippen LogP contribution < -0.4 is 4.74 Å². The van der Waals surface area contributed by atoms with Gasteiger partial charge in [0.2, 0.25) is 0 Å². The van der Waals surface area contributed by atoms with Crippen molar-refractivity contribution in [3.8, 4) is 5.75 Å². The topological polar surface area (TPSA) is 30.8 Å². The molecule has 3 nitrogen and oxygen atoms in total. The summed E-state index contributed by atoms with van der Waals surface area (Å²) >= 11 is 11.3. The minimum Gasteiger partial charge on any atom is -0.489 e. The number of oxime groups is 1. The van der Waals surface area contributed by atoms with Crippen LogP contribution in [-0.4, -0.2) is 12.3 Å². The Morgan fingerprint density at radius 1 is 0.966 bits per heavy atom. The zero-order valence-electron chi connectivity index (χ0n) is 15.9. The van der Waals surface area contributed by atoms with Gasteiger partial charge in [0, 0.05) is 11.1 Å². The largest absolute Gasteiger partial charge is 0.489 e. The molecule has 0 bridgehead atoms. The second-order valence-electron chi connectivity index (χ2n) is 6.93. The van der Waals surface area contributed by atoms with Crippen molar-refractivity contribution in [1.82, 2.24) is 0 Å². The van der Waals surface area contributed by atoms with Crippen LogP contribution in [-0.2, 0) is 17.9 Å². The molecule has 0 unspecified atom stereocenters. The van der Waals surface area contributed by atoms with Gasteiger partial charge in [-0.2, -0.15) is 0 Å². The molecular weight excluding hydrogens is 405 g/mol. The van der Waals surface area contributed by atoms with Crippen molar-refractivity contribution in [3.05, 3.63) is 87.9 Å². The molecule has 0 aliphatic heterocycles. The number of hydrogen-bond acceptors (Lipinski definition) is 3. The first kappa shape index (κ1) is 19.8. The van der Waals surface area contributed by atoms with Crippen molar-refractivity contribution < 1.29 is 9.57 Å². The summed E-state index contributed by atoms with van der Waals surface area (Å²) in [6.07, 6.45) is 4.49. The first-order chi connectivity index (χ1) is 14.2. The van der Waals surface area contributed by atoms with Gasteiger partial charge in [-0.15, -0.1) is 0 Å². The van der Waals surface area contributed by atoms with E-state index in [1.807, 2.05) is 24.3 Å². The number of rotatable bonds is 6. The predicted octanol–water partition coefficient (Wildman–Crippen LogP) is 6.79. The van der Waals surface area contributed by atoms with E-state index in [1.165, 1.54) is 10.8 Å². The van der Waals surface area contributed by atoms with Gasteiger partial charge in [-0.05, 0) is 53.8 Å². The molecule has 0 radical (unpaired) electrons. The molecule has 0 amide bonds. The Morgan fingerprint density at radius 2 is 1.83 bits per heavy atom. The van der Waals surface area contributed by atoms with E-state index < -0.39 is 0 Å². The van der Waals surface area contributed by atoms with Gasteiger partial charge in [-0.1, -0.05) is 76.9 Å². The zero-order valence-corrected chi connectivity index (χ0v) is 17.4. The van der Waals surface area contributed by atoms with Crippen molar-refractivity contribution in [2.24, 2.45) is 5.16 Å². The highest BCUT2D eigenvalue weighted by atomic mass is 35.5. The standard InChI is InChI=1S/C24H21Cl2NO2/c25-24(26)13-14-28-23-10-4-7-20-21(23)8-3-9-22(20)27-29-16-17-11-12-18-5-1-2-6-19(18)15-17/h1-2,4-7,10-13,15H,3,8-9,14,16H2/b27-22+. The molecule has 5 heteroatoms. The maximum Gasteiger partial charge on any atom is 0.142 e. The number of benzene rings is 3. The number of nitrogens with zero attached hydrogens (tertiary/aromatic N) is 1. The van der Waals surface area contributed by atoms with E-state index in [9.17, 15) is 0 Å². The second kappa shape index (κ2) is 9.34. The third-order valence-electron chi connectivity index (χ3n) is 4.98. The molecule has 0 N–H and O–H groups in total. The molecule has 0 spiro atoms. The van der Waals surface area contributed by atoms with Crippen LogP contribution in [0.3, 0.4) is 0 Å². The summed E-state index contributed by atoms with van der Waals surface area (Å²) < 4.78 is 6.04. The predicted molar refractivity (Wildman–Crippen MR) is 120 cm³/mol. The molecular formula is C24H21Cl2NO2. The van der Waals surface area contributed by atoms with Crippen LogP contribution in [0.2, 0.25) is 0 Å². The van der Waals surface area contributed by atoms with Crippen molar-refractivity contribution in [3.63, 3.8) is 0 Å². The minimum absolute atomic E-state index is 0.208. The first-order valence-electron chi connectivity index (χ1n) is 9.63. The van der Waals surface area contributed by atoms with Gasteiger partial charge in [0.15, 0.2) is 0 Å². The summed E-state index contributed by atoms with van der Waals surface area (Å²) in [5.41, 5.74) is 4.31. The highest BCUT2D eigenvalue weighted by molar-refractivity contribution is 6.55. The highest BCUT2D eigenvalue weighted by Crippen LogP contribution is 2.30. The van der Waals surface area contributed by atoms with Crippen LogP contribution in [0.15, 0.2) is 76.4 Å². The average molecular weight is 426 g/mol. The van der Waals surface area contributed by atoms with Gasteiger partial charge >= 0.3 is 0 Å². The third-order valence-corrected chi connectivity index (χ3v) is 5.29. The van der Waals surface area contributed by atoms with E-state index in [4.69, 9.17) is 32.8 Å². The zero-order chi connectivity index (χ0) is 20.1. The summed E-state index contributed by atoms with van der Waals surface area (Å²) in [4.78, 5) is 5.72. The fourth-order valence-corrected chi connectivity index (χ4v) is 3.72. The quantitative estimate of drug-likeness (QED) is 0.406. The minimum atomic E-state index is 0.208. The SMILES string of the molecule is ClC(Cl)=CCOc1cccc2c1CCC/C2=N\OCc1ccc2ccccc2c1. The molecule has 29 heavy (non-hydrogen) atoms. The molecule has 1 aliphatic rings. The Kier molecular flexibility index (Phi) is 6.38. The molecule has 3 aromatic rings. The van der Waals surface area contributed by atoms with E-state index in [1.54, 1.807) is 6.08 Å². The van der Waals surface area contributed by atoms with Crippen LogP contribution in [0.5, 0.6) is 5.75 Å². The number of halogens is 2. The number of ether oxygens (including phenoxy) is 1. The van der Waals surface area contributed by atoms with Crippen molar-refractivity contribution in [1.29, 1.82) is 0 Å². The average Bonchev–Trinajstić information content (AvgIpc) is 2.74. The Hall–Kier alpha value is -2.49. The summed E-state index contributed by atoms with van der Waals surface area (Å²) in [6, 6.07) is 20.7. The molecule has 4 rings (SSSR count). The first-order valence-corrected chi connectivity index (χ1v) is 10.4. The number of fused-ring (bicyclic) bond motifs is 2. The van der Waals surface area contributed by atoms with E-state index in [0.29, 0.717) is 13.2 Å². The lowest BCUT2D eigenvalue weighted by molar-refractivity contribution is 0.130. The Labute approximate surface area is 180 Å².